The van der Waals surface area contributed by atoms with Crippen molar-refractivity contribution in [1.29, 1.82) is 0 Å². The number of aromatic nitrogens is 1. The molecule has 3 heterocycles. The van der Waals surface area contributed by atoms with Gasteiger partial charge in [0.2, 0.25) is 0 Å². The first kappa shape index (κ1) is 11.5. The van der Waals surface area contributed by atoms with E-state index in [1.54, 1.807) is 0 Å². The van der Waals surface area contributed by atoms with E-state index >= 15 is 0 Å². The molecule has 0 N–H and O–H groups in total. The summed E-state index contributed by atoms with van der Waals surface area (Å²) in [6.45, 7) is 4.82. The molecule has 3 nitrogen and oxygen atoms in total. The third-order valence-electron chi connectivity index (χ3n) is 3.93. The van der Waals surface area contributed by atoms with Crippen molar-refractivity contribution in [3.05, 3.63) is 22.9 Å². The summed E-state index contributed by atoms with van der Waals surface area (Å²) < 4.78 is 1.12. The van der Waals surface area contributed by atoms with Gasteiger partial charge in [-0.1, -0.05) is 6.42 Å². The van der Waals surface area contributed by atoms with Gasteiger partial charge in [-0.2, -0.15) is 0 Å². The molecular weight excluding hydrogens is 278 g/mol. The maximum absolute atomic E-state index is 4.14. The zero-order chi connectivity index (χ0) is 11.7. The smallest absolute Gasteiger partial charge is 0.0592 e. The molecule has 0 radical (unpaired) electrons. The first-order chi connectivity index (χ1) is 8.34. The predicted octanol–water partition coefficient (Wildman–Crippen LogP) is 2.52. The fraction of sp³-hybridized carbons (Fsp3) is 0.615. The molecule has 17 heavy (non-hydrogen) atoms. The van der Waals surface area contributed by atoms with E-state index < -0.39 is 0 Å². The van der Waals surface area contributed by atoms with Gasteiger partial charge in [0.1, 0.15) is 0 Å². The molecule has 2 saturated heterocycles. The minimum Gasteiger partial charge on any atom is -0.368 e. The highest BCUT2D eigenvalue weighted by Gasteiger charge is 2.29. The van der Waals surface area contributed by atoms with Crippen molar-refractivity contribution in [3.63, 3.8) is 0 Å². The number of hydrogen-bond acceptors (Lipinski definition) is 3. The van der Waals surface area contributed by atoms with Crippen molar-refractivity contribution >= 4 is 21.6 Å². The van der Waals surface area contributed by atoms with Gasteiger partial charge in [0.05, 0.1) is 10.2 Å². The van der Waals surface area contributed by atoms with E-state index in [2.05, 4.69) is 36.8 Å². The second-order valence-corrected chi connectivity index (χ2v) is 5.81. The SMILES string of the molecule is Brc1cnccc1N1CCN2CCCCC2C1. The molecule has 1 unspecified atom stereocenters. The van der Waals surface area contributed by atoms with Crippen LogP contribution >= 0.6 is 15.9 Å². The number of hydrogen-bond donors (Lipinski definition) is 0. The average Bonchev–Trinajstić information content (AvgIpc) is 2.39. The van der Waals surface area contributed by atoms with Crippen molar-refractivity contribution in [1.82, 2.24) is 9.88 Å². The van der Waals surface area contributed by atoms with Crippen molar-refractivity contribution in [3.8, 4) is 0 Å². The van der Waals surface area contributed by atoms with Crippen LogP contribution in [0.15, 0.2) is 22.9 Å². The van der Waals surface area contributed by atoms with Gasteiger partial charge in [0.25, 0.3) is 0 Å². The molecule has 0 spiro atoms. The molecule has 1 aromatic heterocycles. The number of nitrogens with zero attached hydrogens (tertiary/aromatic N) is 3. The fourth-order valence-electron chi connectivity index (χ4n) is 3.00. The molecule has 4 heteroatoms. The van der Waals surface area contributed by atoms with E-state index in [0.717, 1.165) is 17.1 Å². The lowest BCUT2D eigenvalue weighted by molar-refractivity contribution is 0.133. The molecule has 92 valence electrons. The second kappa shape index (κ2) is 4.94. The van der Waals surface area contributed by atoms with E-state index in [-0.39, 0.29) is 0 Å². The molecule has 2 aliphatic heterocycles. The Morgan fingerprint density at radius 2 is 2.18 bits per heavy atom. The Morgan fingerprint density at radius 3 is 3.06 bits per heavy atom. The van der Waals surface area contributed by atoms with Gasteiger partial charge in [-0.05, 0) is 41.4 Å². The summed E-state index contributed by atoms with van der Waals surface area (Å²) >= 11 is 3.60. The highest BCUT2D eigenvalue weighted by molar-refractivity contribution is 9.10. The van der Waals surface area contributed by atoms with E-state index in [1.165, 1.54) is 44.6 Å². The first-order valence-electron chi connectivity index (χ1n) is 6.43. The zero-order valence-electron chi connectivity index (χ0n) is 9.98. The maximum Gasteiger partial charge on any atom is 0.0592 e. The number of halogens is 1. The van der Waals surface area contributed by atoms with Crippen molar-refractivity contribution in [2.45, 2.75) is 25.3 Å². The summed E-state index contributed by atoms with van der Waals surface area (Å²) in [6, 6.07) is 2.88. The van der Waals surface area contributed by atoms with Crippen LogP contribution in [0.3, 0.4) is 0 Å². The molecule has 0 amide bonds. The van der Waals surface area contributed by atoms with Crippen LogP contribution in [0.1, 0.15) is 19.3 Å². The van der Waals surface area contributed by atoms with Crippen LogP contribution in [0.25, 0.3) is 0 Å². The summed E-state index contributed by atoms with van der Waals surface area (Å²) in [7, 11) is 0. The summed E-state index contributed by atoms with van der Waals surface area (Å²) in [5.41, 5.74) is 1.30. The van der Waals surface area contributed by atoms with Gasteiger partial charge >= 0.3 is 0 Å². The lowest BCUT2D eigenvalue weighted by Gasteiger charge is -2.45. The molecule has 2 aliphatic rings. The summed E-state index contributed by atoms with van der Waals surface area (Å²) in [6.07, 6.45) is 7.91. The van der Waals surface area contributed by atoms with Crippen LogP contribution in [-0.2, 0) is 0 Å². The number of pyridine rings is 1. The zero-order valence-corrected chi connectivity index (χ0v) is 11.6. The lowest BCUT2D eigenvalue weighted by atomic mass is 9.99. The van der Waals surface area contributed by atoms with Crippen LogP contribution in [0.2, 0.25) is 0 Å². The van der Waals surface area contributed by atoms with Gasteiger partial charge in [0, 0.05) is 38.1 Å². The monoisotopic (exact) mass is 295 g/mol. The van der Waals surface area contributed by atoms with Gasteiger partial charge in [-0.3, -0.25) is 9.88 Å². The minimum absolute atomic E-state index is 0.762. The maximum atomic E-state index is 4.14. The molecular formula is C13H18BrN3. The number of rotatable bonds is 1. The molecule has 0 aliphatic carbocycles. The Morgan fingerprint density at radius 1 is 1.24 bits per heavy atom. The molecule has 0 bridgehead atoms. The lowest BCUT2D eigenvalue weighted by Crippen LogP contribution is -2.55. The number of fused-ring (bicyclic) bond motifs is 1. The Balaban J connectivity index is 1.76. The van der Waals surface area contributed by atoms with Gasteiger partial charge < -0.3 is 4.90 Å². The van der Waals surface area contributed by atoms with Crippen molar-refractivity contribution in [2.75, 3.05) is 31.1 Å². The number of piperazine rings is 1. The highest BCUT2D eigenvalue weighted by Crippen LogP contribution is 2.29. The van der Waals surface area contributed by atoms with Crippen molar-refractivity contribution < 1.29 is 0 Å². The van der Waals surface area contributed by atoms with Gasteiger partial charge in [0.15, 0.2) is 0 Å². The Bertz CT molecular complexity index is 396. The summed E-state index contributed by atoms with van der Waals surface area (Å²) in [4.78, 5) is 9.30. The van der Waals surface area contributed by atoms with E-state index in [9.17, 15) is 0 Å². The van der Waals surface area contributed by atoms with E-state index in [0.29, 0.717) is 0 Å². The third kappa shape index (κ3) is 2.33. The first-order valence-corrected chi connectivity index (χ1v) is 7.22. The van der Waals surface area contributed by atoms with Crippen LogP contribution in [-0.4, -0.2) is 42.1 Å². The van der Waals surface area contributed by atoms with Crippen LogP contribution in [0.5, 0.6) is 0 Å². The second-order valence-electron chi connectivity index (χ2n) is 4.96. The van der Waals surface area contributed by atoms with E-state index in [4.69, 9.17) is 0 Å². The highest BCUT2D eigenvalue weighted by atomic mass is 79.9. The standard InChI is InChI=1S/C13H18BrN3/c14-12-9-15-5-4-13(12)17-8-7-16-6-2-1-3-11(16)10-17/h4-5,9,11H,1-3,6-8,10H2. The molecule has 1 aromatic rings. The fourth-order valence-corrected chi connectivity index (χ4v) is 3.50. The molecule has 3 rings (SSSR count). The van der Waals surface area contributed by atoms with Crippen molar-refractivity contribution in [2.24, 2.45) is 0 Å². The number of piperidine rings is 1. The Labute approximate surface area is 111 Å². The largest absolute Gasteiger partial charge is 0.368 e. The number of anilines is 1. The molecule has 2 fully saturated rings. The third-order valence-corrected chi connectivity index (χ3v) is 4.54. The van der Waals surface area contributed by atoms with Crippen LogP contribution < -0.4 is 4.90 Å². The average molecular weight is 296 g/mol. The topological polar surface area (TPSA) is 19.4 Å². The summed E-state index contributed by atoms with van der Waals surface area (Å²) in [5.74, 6) is 0. The van der Waals surface area contributed by atoms with Gasteiger partial charge in [-0.25, -0.2) is 0 Å². The Kier molecular flexibility index (Phi) is 3.34. The molecule has 0 saturated carbocycles. The molecule has 0 aromatic carbocycles. The van der Waals surface area contributed by atoms with Gasteiger partial charge in [-0.15, -0.1) is 0 Å². The quantitative estimate of drug-likeness (QED) is 0.794. The Hall–Kier alpha value is -0.610. The van der Waals surface area contributed by atoms with Crippen LogP contribution in [0.4, 0.5) is 5.69 Å². The molecule has 1 atom stereocenters. The van der Waals surface area contributed by atoms with Crippen LogP contribution in [0, 0.1) is 0 Å². The summed E-state index contributed by atoms with van der Waals surface area (Å²) in [5, 5.41) is 0. The minimum atomic E-state index is 0.762. The normalized spacial score (nSPS) is 25.7. The predicted molar refractivity (Wildman–Crippen MR) is 73.4 cm³/mol. The van der Waals surface area contributed by atoms with E-state index in [1.807, 2.05) is 12.4 Å².